The van der Waals surface area contributed by atoms with E-state index in [1.54, 1.807) is 4.68 Å². The van der Waals surface area contributed by atoms with E-state index in [1.807, 2.05) is 84.6 Å². The Labute approximate surface area is 270 Å². The van der Waals surface area contributed by atoms with Crippen LogP contribution >= 0.6 is 0 Å². The molecule has 9 heteroatoms. The van der Waals surface area contributed by atoms with Gasteiger partial charge in [-0.1, -0.05) is 68.8 Å². The number of likely N-dealkylation sites (tertiary alicyclic amines) is 1. The maximum atomic E-state index is 13.3. The van der Waals surface area contributed by atoms with Gasteiger partial charge in [0.1, 0.15) is 11.6 Å². The molecular weight excluding hydrogens is 574 g/mol. The molecule has 0 spiro atoms. The van der Waals surface area contributed by atoms with Crippen LogP contribution in [0, 0.1) is 12.8 Å². The van der Waals surface area contributed by atoms with Gasteiger partial charge in [0.25, 0.3) is 0 Å². The smallest absolute Gasteiger partial charge is 0.324 e. The fraction of sp³-hybridized carbons (Fsp3) is 0.351. The van der Waals surface area contributed by atoms with Crippen LogP contribution in [-0.2, 0) is 23.1 Å². The number of hydrogen-bond acceptors (Lipinski definition) is 4. The number of aryl methyl sites for hydroxylation is 2. The molecular formula is C37H43N7O2. The predicted octanol–water partition coefficient (Wildman–Crippen LogP) is 7.41. The molecule has 3 aromatic carbocycles. The number of aromatic amines is 1. The highest BCUT2D eigenvalue weighted by Gasteiger charge is 2.25. The van der Waals surface area contributed by atoms with Gasteiger partial charge in [0.15, 0.2) is 0 Å². The molecule has 0 saturated carbocycles. The van der Waals surface area contributed by atoms with Gasteiger partial charge in [-0.2, -0.15) is 5.10 Å². The van der Waals surface area contributed by atoms with E-state index >= 15 is 0 Å². The molecule has 46 heavy (non-hydrogen) atoms. The average Bonchev–Trinajstić information content (AvgIpc) is 3.66. The molecule has 1 aliphatic rings. The highest BCUT2D eigenvalue weighted by atomic mass is 16.2. The third kappa shape index (κ3) is 7.30. The van der Waals surface area contributed by atoms with Crippen LogP contribution in [0.25, 0.3) is 16.7 Å². The van der Waals surface area contributed by atoms with Crippen molar-refractivity contribution < 1.29 is 9.59 Å². The van der Waals surface area contributed by atoms with Crippen molar-refractivity contribution in [3.05, 3.63) is 102 Å². The van der Waals surface area contributed by atoms with E-state index in [-0.39, 0.29) is 17.4 Å². The molecule has 1 saturated heterocycles. The number of benzene rings is 3. The zero-order valence-electron chi connectivity index (χ0n) is 27.1. The lowest BCUT2D eigenvalue weighted by molar-refractivity contribution is -0.132. The third-order valence-corrected chi connectivity index (χ3v) is 8.75. The van der Waals surface area contributed by atoms with Crippen molar-refractivity contribution in [3.63, 3.8) is 0 Å². The van der Waals surface area contributed by atoms with E-state index in [4.69, 9.17) is 5.10 Å². The van der Waals surface area contributed by atoms with Crippen LogP contribution < -0.4 is 10.6 Å². The number of aromatic nitrogens is 4. The monoisotopic (exact) mass is 617 g/mol. The fourth-order valence-corrected chi connectivity index (χ4v) is 6.01. The summed E-state index contributed by atoms with van der Waals surface area (Å²) in [5, 5.41) is 11.0. The highest BCUT2D eigenvalue weighted by Crippen LogP contribution is 2.28. The van der Waals surface area contributed by atoms with E-state index in [2.05, 4.69) is 47.4 Å². The number of carbonyl (C=O) groups excluding carboxylic acids is 2. The van der Waals surface area contributed by atoms with E-state index in [0.29, 0.717) is 24.6 Å². The Morgan fingerprint density at radius 3 is 2.39 bits per heavy atom. The minimum atomic E-state index is -0.314. The number of para-hydroxylation sites is 3. The summed E-state index contributed by atoms with van der Waals surface area (Å²) >= 11 is 0. The van der Waals surface area contributed by atoms with Gasteiger partial charge < -0.3 is 15.2 Å². The topological polar surface area (TPSA) is 108 Å². The number of rotatable bonds is 8. The van der Waals surface area contributed by atoms with Crippen LogP contribution in [0.1, 0.15) is 62.7 Å². The van der Waals surface area contributed by atoms with E-state index in [1.165, 1.54) is 0 Å². The summed E-state index contributed by atoms with van der Waals surface area (Å²) in [5.41, 5.74) is 6.58. The van der Waals surface area contributed by atoms with E-state index < -0.39 is 0 Å². The molecule has 3 amide bonds. The molecule has 0 unspecified atom stereocenters. The van der Waals surface area contributed by atoms with Crippen molar-refractivity contribution in [2.75, 3.05) is 23.7 Å². The Hall–Kier alpha value is -4.92. The van der Waals surface area contributed by atoms with Gasteiger partial charge in [-0.3, -0.25) is 10.1 Å². The second-order valence-corrected chi connectivity index (χ2v) is 13.4. The molecule has 0 radical (unpaired) electrons. The molecule has 6 rings (SSSR count). The molecule has 2 aromatic heterocycles. The van der Waals surface area contributed by atoms with Crippen LogP contribution in [0.4, 0.5) is 16.3 Å². The Morgan fingerprint density at radius 2 is 1.65 bits per heavy atom. The fourth-order valence-electron chi connectivity index (χ4n) is 6.01. The first-order chi connectivity index (χ1) is 22.1. The second-order valence-electron chi connectivity index (χ2n) is 13.4. The summed E-state index contributed by atoms with van der Waals surface area (Å²) in [6.45, 7) is 9.87. The van der Waals surface area contributed by atoms with Crippen molar-refractivity contribution in [3.8, 4) is 5.69 Å². The van der Waals surface area contributed by atoms with Crippen molar-refractivity contribution in [2.24, 2.45) is 5.92 Å². The van der Waals surface area contributed by atoms with Crippen LogP contribution in [0.15, 0.2) is 78.9 Å². The van der Waals surface area contributed by atoms with Gasteiger partial charge in [-0.15, -0.1) is 0 Å². The summed E-state index contributed by atoms with van der Waals surface area (Å²) in [6.07, 6.45) is 3.77. The Morgan fingerprint density at radius 1 is 0.935 bits per heavy atom. The lowest BCUT2D eigenvalue weighted by Crippen LogP contribution is -2.39. The number of piperidine rings is 1. The van der Waals surface area contributed by atoms with Crippen molar-refractivity contribution >= 4 is 34.5 Å². The first-order valence-corrected chi connectivity index (χ1v) is 16.2. The molecule has 1 aliphatic heterocycles. The van der Waals surface area contributed by atoms with Crippen LogP contribution in [0.5, 0.6) is 0 Å². The van der Waals surface area contributed by atoms with Crippen LogP contribution in [0.3, 0.4) is 0 Å². The minimum Gasteiger partial charge on any atom is -0.343 e. The predicted molar refractivity (Wildman–Crippen MR) is 184 cm³/mol. The molecule has 238 valence electrons. The molecule has 3 N–H and O–H groups in total. The summed E-state index contributed by atoms with van der Waals surface area (Å²) in [4.78, 5) is 36.2. The number of nitrogens with one attached hydrogen (secondary N) is 3. The summed E-state index contributed by atoms with van der Waals surface area (Å²) in [5.74, 6) is 2.08. The molecule has 5 aromatic rings. The molecule has 0 atom stereocenters. The van der Waals surface area contributed by atoms with E-state index in [0.717, 1.165) is 77.4 Å². The van der Waals surface area contributed by atoms with Crippen LogP contribution in [-0.4, -0.2) is 49.7 Å². The summed E-state index contributed by atoms with van der Waals surface area (Å²) in [7, 11) is 0. The van der Waals surface area contributed by atoms with Gasteiger partial charge in [0.05, 0.1) is 22.4 Å². The number of fused-ring (bicyclic) bond motifs is 1. The highest BCUT2D eigenvalue weighted by molar-refractivity contribution is 6.00. The number of amides is 3. The third-order valence-electron chi connectivity index (χ3n) is 8.75. The van der Waals surface area contributed by atoms with Crippen molar-refractivity contribution in [1.29, 1.82) is 0 Å². The number of carbonyl (C=O) groups is 2. The molecule has 9 nitrogen and oxygen atoms in total. The molecule has 1 fully saturated rings. The first kappa shape index (κ1) is 31.1. The zero-order valence-corrected chi connectivity index (χ0v) is 27.1. The SMILES string of the molecule is Cc1ccc(-n2nc(C(C)(C)C)cc2NC(=O)Nc2ccccc2CC2CCN(C(=O)CCc3nc4ccccc4[nH]3)CC2)cc1. The summed E-state index contributed by atoms with van der Waals surface area (Å²) < 4.78 is 1.79. The quantitative estimate of drug-likeness (QED) is 0.168. The number of imidazole rings is 1. The number of hydrogen-bond donors (Lipinski definition) is 3. The van der Waals surface area contributed by atoms with Gasteiger partial charge in [-0.05, 0) is 68.0 Å². The van der Waals surface area contributed by atoms with Gasteiger partial charge >= 0.3 is 6.03 Å². The van der Waals surface area contributed by atoms with Crippen LogP contribution in [0.2, 0.25) is 0 Å². The van der Waals surface area contributed by atoms with E-state index in [9.17, 15) is 9.59 Å². The normalized spacial score (nSPS) is 14.0. The average molecular weight is 618 g/mol. The minimum absolute atomic E-state index is 0.176. The zero-order chi connectivity index (χ0) is 32.3. The Bertz CT molecular complexity index is 1790. The van der Waals surface area contributed by atoms with Crippen molar-refractivity contribution in [1.82, 2.24) is 24.6 Å². The Balaban J connectivity index is 1.05. The molecule has 0 bridgehead atoms. The first-order valence-electron chi connectivity index (χ1n) is 16.2. The van der Waals surface area contributed by atoms with Gasteiger partial charge in [0.2, 0.25) is 5.91 Å². The molecule has 3 heterocycles. The molecule has 0 aliphatic carbocycles. The number of H-pyrrole nitrogens is 1. The standard InChI is InChI=1S/C37H43N7O2/c1-25-13-15-28(16-14-25)44-34(24-32(42-44)37(2,3)4)41-36(46)40-29-10-6-5-9-27(29)23-26-19-21-43(22-20-26)35(45)18-17-33-38-30-11-7-8-12-31(30)39-33/h5-16,24,26H,17-23H2,1-4H3,(H,38,39)(H2,40,41,46). The lowest BCUT2D eigenvalue weighted by atomic mass is 9.89. The van der Waals surface area contributed by atoms with Gasteiger partial charge in [0, 0.05) is 43.1 Å². The Kier molecular flexibility index (Phi) is 8.92. The number of nitrogens with zero attached hydrogens (tertiary/aromatic N) is 4. The largest absolute Gasteiger partial charge is 0.343 e. The number of anilines is 2. The summed E-state index contributed by atoms with van der Waals surface area (Å²) in [6, 6.07) is 25.6. The van der Waals surface area contributed by atoms with Gasteiger partial charge in [-0.25, -0.2) is 14.5 Å². The van der Waals surface area contributed by atoms with Crippen molar-refractivity contribution in [2.45, 2.75) is 65.2 Å². The number of urea groups is 1. The maximum Gasteiger partial charge on any atom is 0.324 e. The lowest BCUT2D eigenvalue weighted by Gasteiger charge is -2.32. The second kappa shape index (κ2) is 13.2. The maximum absolute atomic E-state index is 13.3.